The van der Waals surface area contributed by atoms with Gasteiger partial charge in [0.05, 0.1) is 11.1 Å². The molecule has 0 radical (unpaired) electrons. The Hall–Kier alpha value is -0.420. The summed E-state index contributed by atoms with van der Waals surface area (Å²) in [6, 6.07) is 0. The van der Waals surface area contributed by atoms with Crippen molar-refractivity contribution in [2.24, 2.45) is 0 Å². The molecule has 1 heterocycles. The van der Waals surface area contributed by atoms with Gasteiger partial charge < -0.3 is 0 Å². The molecular weight excluding hydrogens is 274 g/mol. The molecule has 0 bridgehead atoms. The van der Waals surface area contributed by atoms with Crippen molar-refractivity contribution >= 4 is 56.9 Å². The Morgan fingerprint density at radius 2 is 1.14 bits per heavy atom. The van der Waals surface area contributed by atoms with Crippen molar-refractivity contribution in [3.05, 3.63) is 21.4 Å². The van der Waals surface area contributed by atoms with Crippen molar-refractivity contribution in [3.8, 4) is 0 Å². The van der Waals surface area contributed by atoms with Gasteiger partial charge in [-0.1, -0.05) is 23.2 Å². The molecule has 8 heteroatoms. The second-order valence-corrected chi connectivity index (χ2v) is 3.48. The van der Waals surface area contributed by atoms with Gasteiger partial charge in [0.15, 0.2) is 10.3 Å². The molecule has 0 aliphatic heterocycles. The quantitative estimate of drug-likeness (QED) is 0.777. The summed E-state index contributed by atoms with van der Waals surface area (Å²) in [5.74, 6) is 0. The predicted octanol–water partition coefficient (Wildman–Crippen LogP) is 2.54. The van der Waals surface area contributed by atoms with Crippen molar-refractivity contribution in [2.45, 2.75) is 0 Å². The highest BCUT2D eigenvalue weighted by atomic mass is 35.5. The first-order valence-corrected chi connectivity index (χ1v) is 4.57. The molecule has 1 aromatic heterocycles. The smallest absolute Gasteiger partial charge is 0.256 e. The van der Waals surface area contributed by atoms with E-state index in [0.717, 1.165) is 0 Å². The highest BCUT2D eigenvalue weighted by molar-refractivity contribution is 6.73. The Morgan fingerprint density at radius 1 is 0.857 bits per heavy atom. The molecule has 0 saturated heterocycles. The molecule has 0 unspecified atom stereocenters. The van der Waals surface area contributed by atoms with E-state index >= 15 is 0 Å². The van der Waals surface area contributed by atoms with Crippen molar-refractivity contribution < 1.29 is 9.59 Å². The van der Waals surface area contributed by atoms with Gasteiger partial charge in [-0.05, 0) is 23.2 Å². The Bertz CT molecular complexity index is 382. The molecule has 0 aromatic carbocycles. The van der Waals surface area contributed by atoms with Crippen molar-refractivity contribution in [3.63, 3.8) is 0 Å². The second-order valence-electron chi connectivity index (χ2n) is 2.08. The first-order chi connectivity index (χ1) is 6.45. The molecule has 0 aliphatic carbocycles. The largest absolute Gasteiger partial charge is 0.275 e. The first-order valence-electron chi connectivity index (χ1n) is 3.06. The molecule has 0 N–H and O–H groups in total. The zero-order chi connectivity index (χ0) is 10.9. The average molecular weight is 274 g/mol. The summed E-state index contributed by atoms with van der Waals surface area (Å²) in [7, 11) is 0. The molecule has 0 aliphatic rings. The Morgan fingerprint density at radius 3 is 1.36 bits per heavy atom. The average Bonchev–Trinajstić information content (AvgIpc) is 2.07. The number of hydrogen-bond acceptors (Lipinski definition) is 4. The first kappa shape index (κ1) is 11.7. The van der Waals surface area contributed by atoms with Crippen LogP contribution in [0, 0.1) is 0 Å². The van der Waals surface area contributed by atoms with Gasteiger partial charge in [0.25, 0.3) is 10.5 Å². The van der Waals surface area contributed by atoms with Crippen molar-refractivity contribution in [2.75, 3.05) is 0 Å². The van der Waals surface area contributed by atoms with Gasteiger partial charge in [0.1, 0.15) is 0 Å². The van der Waals surface area contributed by atoms with Crippen LogP contribution >= 0.6 is 46.4 Å². The van der Waals surface area contributed by atoms with E-state index in [1.165, 1.54) is 0 Å². The Kier molecular flexibility index (Phi) is 3.66. The van der Waals surface area contributed by atoms with Crippen LogP contribution in [0.5, 0.6) is 0 Å². The van der Waals surface area contributed by atoms with Gasteiger partial charge in [0.2, 0.25) is 0 Å². The van der Waals surface area contributed by atoms with Crippen LogP contribution in [0.1, 0.15) is 20.7 Å². The molecular formula is C6Cl4N2O2. The molecule has 0 spiro atoms. The minimum atomic E-state index is -0.976. The molecule has 0 amide bonds. The SMILES string of the molecule is O=C(Cl)c1c(Cl)nnc(Cl)c1C(=O)Cl. The maximum absolute atomic E-state index is 10.9. The lowest BCUT2D eigenvalue weighted by atomic mass is 10.2. The third-order valence-corrected chi connectivity index (χ3v) is 2.19. The number of hydrogen-bond donors (Lipinski definition) is 0. The van der Waals surface area contributed by atoms with Crippen molar-refractivity contribution in [1.29, 1.82) is 0 Å². The Labute approximate surface area is 98.1 Å². The standard InChI is InChI=1S/C6Cl4N2O2/c7-3-1(5(9)13)2(6(10)14)4(8)12-11-3. The van der Waals surface area contributed by atoms with Crippen LogP contribution in [0.25, 0.3) is 0 Å². The summed E-state index contributed by atoms with van der Waals surface area (Å²) < 4.78 is 0. The van der Waals surface area contributed by atoms with E-state index in [1.807, 2.05) is 0 Å². The molecule has 4 nitrogen and oxygen atoms in total. The summed E-state index contributed by atoms with van der Waals surface area (Å²) in [5.41, 5.74) is -0.679. The zero-order valence-electron chi connectivity index (χ0n) is 6.22. The number of nitrogens with zero attached hydrogens (tertiary/aromatic N) is 2. The van der Waals surface area contributed by atoms with E-state index in [2.05, 4.69) is 10.2 Å². The lowest BCUT2D eigenvalue weighted by Crippen LogP contribution is -2.06. The van der Waals surface area contributed by atoms with Gasteiger partial charge in [0, 0.05) is 0 Å². The van der Waals surface area contributed by atoms with Gasteiger partial charge in [-0.15, -0.1) is 10.2 Å². The molecule has 1 aromatic rings. The number of carbonyl (C=O) groups excluding carboxylic acids is 2. The second kappa shape index (κ2) is 4.40. The third kappa shape index (κ3) is 2.15. The lowest BCUT2D eigenvalue weighted by Gasteiger charge is -2.02. The van der Waals surface area contributed by atoms with E-state index in [-0.39, 0.29) is 21.4 Å². The van der Waals surface area contributed by atoms with Crippen LogP contribution in [-0.2, 0) is 0 Å². The maximum Gasteiger partial charge on any atom is 0.256 e. The third-order valence-electron chi connectivity index (χ3n) is 1.28. The fraction of sp³-hybridized carbons (Fsp3) is 0. The zero-order valence-corrected chi connectivity index (χ0v) is 9.25. The fourth-order valence-electron chi connectivity index (χ4n) is 0.753. The number of rotatable bonds is 2. The highest BCUT2D eigenvalue weighted by Gasteiger charge is 2.23. The summed E-state index contributed by atoms with van der Waals surface area (Å²) in [6.45, 7) is 0. The molecule has 0 fully saturated rings. The summed E-state index contributed by atoms with van der Waals surface area (Å²) in [5, 5.41) is 4.03. The van der Waals surface area contributed by atoms with E-state index in [1.54, 1.807) is 0 Å². The summed E-state index contributed by atoms with van der Waals surface area (Å²) >= 11 is 21.3. The Balaban J connectivity index is 3.58. The van der Waals surface area contributed by atoms with E-state index < -0.39 is 10.5 Å². The predicted molar refractivity (Wildman–Crippen MR) is 52.4 cm³/mol. The van der Waals surface area contributed by atoms with Crippen LogP contribution in [0.2, 0.25) is 10.3 Å². The fourth-order valence-corrected chi connectivity index (χ4v) is 1.65. The maximum atomic E-state index is 10.9. The van der Waals surface area contributed by atoms with Crippen LogP contribution in [0.15, 0.2) is 0 Å². The monoisotopic (exact) mass is 272 g/mol. The number of carbonyl (C=O) groups is 2. The normalized spacial score (nSPS) is 10.0. The molecule has 1 rings (SSSR count). The van der Waals surface area contributed by atoms with E-state index in [4.69, 9.17) is 46.4 Å². The molecule has 14 heavy (non-hydrogen) atoms. The van der Waals surface area contributed by atoms with Crippen molar-refractivity contribution in [1.82, 2.24) is 10.2 Å². The van der Waals surface area contributed by atoms with Gasteiger partial charge in [-0.2, -0.15) is 0 Å². The van der Waals surface area contributed by atoms with Crippen LogP contribution in [0.3, 0.4) is 0 Å². The highest BCUT2D eigenvalue weighted by Crippen LogP contribution is 2.25. The van der Waals surface area contributed by atoms with Gasteiger partial charge in [-0.3, -0.25) is 9.59 Å². The van der Waals surface area contributed by atoms with Crippen LogP contribution in [-0.4, -0.2) is 20.7 Å². The van der Waals surface area contributed by atoms with E-state index in [0.29, 0.717) is 0 Å². The summed E-state index contributed by atoms with van der Waals surface area (Å²) in [4.78, 5) is 21.8. The van der Waals surface area contributed by atoms with E-state index in [9.17, 15) is 9.59 Å². The molecule has 74 valence electrons. The molecule has 0 atom stereocenters. The minimum absolute atomic E-state index is 0.321. The van der Waals surface area contributed by atoms with Crippen LogP contribution in [0.4, 0.5) is 0 Å². The summed E-state index contributed by atoms with van der Waals surface area (Å²) in [6.07, 6.45) is 0. The number of halogens is 4. The minimum Gasteiger partial charge on any atom is -0.275 e. The topological polar surface area (TPSA) is 59.9 Å². The van der Waals surface area contributed by atoms with Gasteiger partial charge in [-0.25, -0.2) is 0 Å². The lowest BCUT2D eigenvalue weighted by molar-refractivity contribution is 0.105. The number of aromatic nitrogens is 2. The molecule has 0 saturated carbocycles. The van der Waals surface area contributed by atoms with Crippen LogP contribution < -0.4 is 0 Å². The van der Waals surface area contributed by atoms with Gasteiger partial charge >= 0.3 is 0 Å².